The van der Waals surface area contributed by atoms with Crippen molar-refractivity contribution in [1.82, 2.24) is 15.3 Å². The smallest absolute Gasteiger partial charge is 0.195 e. The Bertz CT molecular complexity index is 1190. The molecule has 0 saturated carbocycles. The third-order valence-electron chi connectivity index (χ3n) is 5.56. The molecule has 0 aliphatic carbocycles. The van der Waals surface area contributed by atoms with E-state index in [4.69, 9.17) is 0 Å². The van der Waals surface area contributed by atoms with Gasteiger partial charge in [-0.2, -0.15) is 0 Å². The summed E-state index contributed by atoms with van der Waals surface area (Å²) in [6.45, 7) is 4.01. The van der Waals surface area contributed by atoms with E-state index in [1.54, 1.807) is 6.20 Å². The number of carbonyl (C=O) groups excluding carboxylic acids is 1. The highest BCUT2D eigenvalue weighted by Gasteiger charge is 2.16. The molecular formula is C24H21FN4O. The lowest BCUT2D eigenvalue weighted by molar-refractivity contribution is 0.104. The van der Waals surface area contributed by atoms with Crippen molar-refractivity contribution < 1.29 is 9.18 Å². The zero-order chi connectivity index (χ0) is 20.5. The van der Waals surface area contributed by atoms with E-state index in [1.165, 1.54) is 30.0 Å². The fourth-order valence-electron chi connectivity index (χ4n) is 3.89. The molecule has 1 saturated heterocycles. The molecule has 1 aliphatic heterocycles. The minimum absolute atomic E-state index is 0.158. The lowest BCUT2D eigenvalue weighted by Gasteiger charge is -2.29. The number of piperazine rings is 1. The van der Waals surface area contributed by atoms with Gasteiger partial charge in [0, 0.05) is 66.3 Å². The summed E-state index contributed by atoms with van der Waals surface area (Å²) in [6, 6.07) is 16.0. The van der Waals surface area contributed by atoms with Gasteiger partial charge in [0.05, 0.1) is 0 Å². The summed E-state index contributed by atoms with van der Waals surface area (Å²) >= 11 is 0. The molecule has 2 N–H and O–H groups in total. The second kappa shape index (κ2) is 7.72. The SMILES string of the molecule is O=C(c1ccc(F)cc1)c1c[nH]c2ncc(-c3ccc(N4CCNCC4)cc3)cc12. The average molecular weight is 400 g/mol. The fraction of sp³-hybridized carbons (Fsp3) is 0.167. The van der Waals surface area contributed by atoms with Crippen molar-refractivity contribution >= 4 is 22.5 Å². The van der Waals surface area contributed by atoms with Crippen molar-refractivity contribution in [3.8, 4) is 11.1 Å². The second-order valence-electron chi connectivity index (χ2n) is 7.44. The number of anilines is 1. The molecule has 1 fully saturated rings. The number of carbonyl (C=O) groups is 1. The highest BCUT2D eigenvalue weighted by molar-refractivity contribution is 6.16. The number of halogens is 1. The molecule has 1 aliphatic rings. The Hall–Kier alpha value is -3.51. The predicted octanol–water partition coefficient (Wildman–Crippen LogP) is 4.01. The van der Waals surface area contributed by atoms with Gasteiger partial charge in [-0.3, -0.25) is 4.79 Å². The van der Waals surface area contributed by atoms with Crippen LogP contribution >= 0.6 is 0 Å². The molecular weight excluding hydrogens is 379 g/mol. The van der Waals surface area contributed by atoms with Crippen LogP contribution < -0.4 is 10.2 Å². The van der Waals surface area contributed by atoms with Crippen LogP contribution in [0, 0.1) is 5.82 Å². The molecule has 0 amide bonds. The van der Waals surface area contributed by atoms with E-state index in [2.05, 4.69) is 44.5 Å². The molecule has 2 aromatic heterocycles. The van der Waals surface area contributed by atoms with E-state index in [9.17, 15) is 9.18 Å². The largest absolute Gasteiger partial charge is 0.369 e. The Labute approximate surface area is 173 Å². The molecule has 4 aromatic rings. The maximum absolute atomic E-state index is 13.2. The van der Waals surface area contributed by atoms with Crippen LogP contribution in [0.1, 0.15) is 15.9 Å². The molecule has 0 radical (unpaired) electrons. The summed E-state index contributed by atoms with van der Waals surface area (Å²) in [6.07, 6.45) is 3.48. The van der Waals surface area contributed by atoms with Crippen LogP contribution in [-0.2, 0) is 0 Å². The van der Waals surface area contributed by atoms with Crippen molar-refractivity contribution in [2.75, 3.05) is 31.1 Å². The van der Waals surface area contributed by atoms with Crippen LogP contribution in [0.3, 0.4) is 0 Å². The van der Waals surface area contributed by atoms with Gasteiger partial charge in [0.15, 0.2) is 5.78 Å². The van der Waals surface area contributed by atoms with Crippen LogP contribution in [0.5, 0.6) is 0 Å². The van der Waals surface area contributed by atoms with Gasteiger partial charge >= 0.3 is 0 Å². The van der Waals surface area contributed by atoms with Crippen LogP contribution in [-0.4, -0.2) is 41.9 Å². The van der Waals surface area contributed by atoms with Crippen molar-refractivity contribution in [2.45, 2.75) is 0 Å². The van der Waals surface area contributed by atoms with Crippen LogP contribution in [0.25, 0.3) is 22.2 Å². The van der Waals surface area contributed by atoms with E-state index in [0.29, 0.717) is 16.8 Å². The molecule has 150 valence electrons. The van der Waals surface area contributed by atoms with E-state index in [1.807, 2.05) is 12.3 Å². The Morgan fingerprint density at radius 3 is 2.43 bits per heavy atom. The van der Waals surface area contributed by atoms with Crippen molar-refractivity contribution in [1.29, 1.82) is 0 Å². The summed E-state index contributed by atoms with van der Waals surface area (Å²) in [5, 5.41) is 4.12. The van der Waals surface area contributed by atoms with Crippen molar-refractivity contribution in [3.05, 3.63) is 83.9 Å². The number of benzene rings is 2. The third-order valence-corrected chi connectivity index (χ3v) is 5.56. The van der Waals surface area contributed by atoms with E-state index in [0.717, 1.165) is 42.7 Å². The molecule has 5 nitrogen and oxygen atoms in total. The molecule has 30 heavy (non-hydrogen) atoms. The van der Waals surface area contributed by atoms with Gasteiger partial charge in [0.2, 0.25) is 0 Å². The van der Waals surface area contributed by atoms with E-state index >= 15 is 0 Å². The second-order valence-corrected chi connectivity index (χ2v) is 7.44. The van der Waals surface area contributed by atoms with Gasteiger partial charge in [-0.1, -0.05) is 12.1 Å². The molecule has 3 heterocycles. The quantitative estimate of drug-likeness (QED) is 0.508. The van der Waals surface area contributed by atoms with E-state index < -0.39 is 0 Å². The summed E-state index contributed by atoms with van der Waals surface area (Å²) in [7, 11) is 0. The number of hydrogen-bond donors (Lipinski definition) is 2. The van der Waals surface area contributed by atoms with Gasteiger partial charge < -0.3 is 15.2 Å². The van der Waals surface area contributed by atoms with Crippen molar-refractivity contribution in [3.63, 3.8) is 0 Å². The number of aromatic nitrogens is 2. The normalized spacial score (nSPS) is 14.2. The number of rotatable bonds is 4. The van der Waals surface area contributed by atoms with E-state index in [-0.39, 0.29) is 11.6 Å². The zero-order valence-corrected chi connectivity index (χ0v) is 16.4. The predicted molar refractivity (Wildman–Crippen MR) is 116 cm³/mol. The number of H-pyrrole nitrogens is 1. The number of hydrogen-bond acceptors (Lipinski definition) is 4. The number of pyridine rings is 1. The highest BCUT2D eigenvalue weighted by atomic mass is 19.1. The zero-order valence-electron chi connectivity index (χ0n) is 16.4. The molecule has 0 atom stereocenters. The first kappa shape index (κ1) is 18.5. The average Bonchev–Trinajstić information content (AvgIpc) is 3.23. The van der Waals surface area contributed by atoms with Crippen LogP contribution in [0.2, 0.25) is 0 Å². The van der Waals surface area contributed by atoms with Gasteiger partial charge in [0.25, 0.3) is 0 Å². The summed E-state index contributed by atoms with van der Waals surface area (Å²) in [4.78, 5) is 22.8. The highest BCUT2D eigenvalue weighted by Crippen LogP contribution is 2.28. The van der Waals surface area contributed by atoms with Gasteiger partial charge in [-0.05, 0) is 48.0 Å². The topological polar surface area (TPSA) is 61.0 Å². The lowest BCUT2D eigenvalue weighted by Crippen LogP contribution is -2.43. The molecule has 6 heteroatoms. The molecule has 0 bridgehead atoms. The molecule has 5 rings (SSSR count). The van der Waals surface area contributed by atoms with Crippen LogP contribution in [0.4, 0.5) is 10.1 Å². The molecule has 0 spiro atoms. The number of nitrogens with one attached hydrogen (secondary N) is 2. The summed E-state index contributed by atoms with van der Waals surface area (Å²) in [5.41, 5.74) is 4.84. The monoisotopic (exact) mass is 400 g/mol. The maximum atomic E-state index is 13.2. The summed E-state index contributed by atoms with van der Waals surface area (Å²) in [5.74, 6) is -0.520. The lowest BCUT2D eigenvalue weighted by atomic mass is 10.0. The minimum atomic E-state index is -0.362. The Morgan fingerprint density at radius 1 is 0.967 bits per heavy atom. The first-order valence-corrected chi connectivity index (χ1v) is 10.0. The van der Waals surface area contributed by atoms with Gasteiger partial charge in [-0.25, -0.2) is 9.37 Å². The number of fused-ring (bicyclic) bond motifs is 1. The standard InChI is InChI=1S/C24H21FN4O/c25-19-5-1-17(2-6-19)23(30)22-15-28-24-21(22)13-18(14-27-24)16-3-7-20(8-4-16)29-11-9-26-10-12-29/h1-8,13-15,26H,9-12H2,(H,27,28). The van der Waals surface area contributed by atoms with Crippen molar-refractivity contribution in [2.24, 2.45) is 0 Å². The first-order valence-electron chi connectivity index (χ1n) is 10.0. The number of aromatic amines is 1. The fourth-order valence-corrected chi connectivity index (χ4v) is 3.89. The Morgan fingerprint density at radius 2 is 1.70 bits per heavy atom. The molecule has 0 unspecified atom stereocenters. The number of nitrogens with zero attached hydrogens (tertiary/aromatic N) is 2. The van der Waals surface area contributed by atoms with Gasteiger partial charge in [-0.15, -0.1) is 0 Å². The summed E-state index contributed by atoms with van der Waals surface area (Å²) < 4.78 is 13.2. The molecule has 2 aromatic carbocycles. The minimum Gasteiger partial charge on any atom is -0.369 e. The number of ketones is 1. The Balaban J connectivity index is 1.46. The third kappa shape index (κ3) is 3.46. The maximum Gasteiger partial charge on any atom is 0.195 e. The van der Waals surface area contributed by atoms with Gasteiger partial charge in [0.1, 0.15) is 11.5 Å². The first-order chi connectivity index (χ1) is 14.7. The Kier molecular flexibility index (Phi) is 4.77. The van der Waals surface area contributed by atoms with Crippen LogP contribution in [0.15, 0.2) is 67.0 Å².